The first-order chi connectivity index (χ1) is 12.7. The van der Waals surface area contributed by atoms with E-state index in [9.17, 15) is 9.18 Å². The van der Waals surface area contributed by atoms with E-state index in [1.807, 2.05) is 18.2 Å². The highest BCUT2D eigenvalue weighted by Crippen LogP contribution is 2.23. The summed E-state index contributed by atoms with van der Waals surface area (Å²) in [5.41, 5.74) is 1.55. The molecule has 0 aliphatic rings. The number of nitrogens with one attached hydrogen (secondary N) is 2. The summed E-state index contributed by atoms with van der Waals surface area (Å²) in [6.45, 7) is 0.490. The number of benzene rings is 2. The lowest BCUT2D eigenvalue weighted by molar-refractivity contribution is 0.252. The minimum atomic E-state index is -0.358. The third kappa shape index (κ3) is 5.31. The molecule has 2 N–H and O–H groups in total. The molecule has 3 rings (SSSR count). The van der Waals surface area contributed by atoms with Crippen LogP contribution in [0.15, 0.2) is 72.9 Å². The van der Waals surface area contributed by atoms with Crippen LogP contribution in [0.2, 0.25) is 0 Å². The van der Waals surface area contributed by atoms with Crippen molar-refractivity contribution in [2.45, 2.75) is 6.42 Å². The van der Waals surface area contributed by atoms with Gasteiger partial charge in [-0.15, -0.1) is 0 Å². The van der Waals surface area contributed by atoms with Crippen LogP contribution in [-0.2, 0) is 6.42 Å². The van der Waals surface area contributed by atoms with Crippen LogP contribution >= 0.6 is 0 Å². The zero-order valence-electron chi connectivity index (χ0n) is 14.0. The average molecular weight is 351 g/mol. The molecule has 0 unspecified atom stereocenters. The first-order valence-electron chi connectivity index (χ1n) is 8.17. The summed E-state index contributed by atoms with van der Waals surface area (Å²) in [7, 11) is 0. The number of hydrogen-bond donors (Lipinski definition) is 2. The maximum atomic E-state index is 13.1. The monoisotopic (exact) mass is 351 g/mol. The highest BCUT2D eigenvalue weighted by molar-refractivity contribution is 5.89. The molecular formula is C20H18FN3O2. The molecule has 0 radical (unpaired) electrons. The Balaban J connectivity index is 1.46. The van der Waals surface area contributed by atoms with Crippen LogP contribution in [0, 0.1) is 5.82 Å². The molecule has 132 valence electrons. The molecule has 1 heterocycles. The number of ether oxygens (including phenoxy) is 1. The van der Waals surface area contributed by atoms with Gasteiger partial charge >= 0.3 is 6.03 Å². The lowest BCUT2D eigenvalue weighted by Crippen LogP contribution is -2.30. The van der Waals surface area contributed by atoms with E-state index in [0.29, 0.717) is 30.2 Å². The fourth-order valence-corrected chi connectivity index (χ4v) is 2.30. The number of carbonyl (C=O) groups excluding carboxylic acids is 1. The molecule has 0 saturated heterocycles. The summed E-state index contributed by atoms with van der Waals surface area (Å²) in [5, 5.41) is 5.52. The number of hydrogen-bond acceptors (Lipinski definition) is 3. The topological polar surface area (TPSA) is 63.2 Å². The fourth-order valence-electron chi connectivity index (χ4n) is 2.30. The van der Waals surface area contributed by atoms with Crippen LogP contribution in [0.5, 0.6) is 11.5 Å². The molecule has 5 nitrogen and oxygen atoms in total. The number of carbonyl (C=O) groups is 1. The summed E-state index contributed by atoms with van der Waals surface area (Å²) in [6, 6.07) is 18.1. The highest BCUT2D eigenvalue weighted by atomic mass is 19.1. The highest BCUT2D eigenvalue weighted by Gasteiger charge is 2.03. The summed E-state index contributed by atoms with van der Waals surface area (Å²) in [4.78, 5) is 16.1. The Hall–Kier alpha value is -3.41. The molecule has 0 spiro atoms. The first-order valence-corrected chi connectivity index (χ1v) is 8.17. The van der Waals surface area contributed by atoms with Crippen molar-refractivity contribution in [2.24, 2.45) is 0 Å². The van der Waals surface area contributed by atoms with Gasteiger partial charge in [-0.2, -0.15) is 0 Å². The van der Waals surface area contributed by atoms with Gasteiger partial charge in [-0.1, -0.05) is 12.1 Å². The van der Waals surface area contributed by atoms with Gasteiger partial charge in [0.1, 0.15) is 17.3 Å². The molecule has 0 aliphatic heterocycles. The van der Waals surface area contributed by atoms with Crippen molar-refractivity contribution in [3.8, 4) is 11.5 Å². The molecule has 0 aliphatic carbocycles. The second-order valence-corrected chi connectivity index (χ2v) is 5.54. The lowest BCUT2D eigenvalue weighted by atomic mass is 10.3. The van der Waals surface area contributed by atoms with E-state index >= 15 is 0 Å². The van der Waals surface area contributed by atoms with Gasteiger partial charge in [0.15, 0.2) is 0 Å². The zero-order chi connectivity index (χ0) is 18.2. The molecule has 2 aromatic carbocycles. The lowest BCUT2D eigenvalue weighted by Gasteiger charge is -2.09. The van der Waals surface area contributed by atoms with Gasteiger partial charge in [-0.05, 0) is 48.5 Å². The number of pyridine rings is 1. The van der Waals surface area contributed by atoms with Crippen molar-refractivity contribution >= 4 is 11.7 Å². The van der Waals surface area contributed by atoms with E-state index in [2.05, 4.69) is 15.6 Å². The van der Waals surface area contributed by atoms with Crippen LogP contribution in [0.1, 0.15) is 5.69 Å². The van der Waals surface area contributed by atoms with E-state index in [4.69, 9.17) is 4.74 Å². The largest absolute Gasteiger partial charge is 0.457 e. The van der Waals surface area contributed by atoms with E-state index < -0.39 is 0 Å². The smallest absolute Gasteiger partial charge is 0.319 e. The molecule has 1 aromatic heterocycles. The summed E-state index contributed by atoms with van der Waals surface area (Å²) in [5.74, 6) is 0.609. The minimum Gasteiger partial charge on any atom is -0.457 e. The van der Waals surface area contributed by atoms with Crippen LogP contribution in [0.3, 0.4) is 0 Å². The SMILES string of the molecule is O=C(NCCc1ccccn1)Nc1ccc(Oc2cccc(F)c2)cc1. The third-order valence-corrected chi connectivity index (χ3v) is 3.54. The summed E-state index contributed by atoms with van der Waals surface area (Å²) < 4.78 is 18.7. The molecule has 2 amide bonds. The van der Waals surface area contributed by atoms with Crippen molar-refractivity contribution < 1.29 is 13.9 Å². The third-order valence-electron chi connectivity index (χ3n) is 3.54. The van der Waals surface area contributed by atoms with Crippen molar-refractivity contribution in [1.29, 1.82) is 0 Å². The normalized spacial score (nSPS) is 10.2. The number of nitrogens with zero attached hydrogens (tertiary/aromatic N) is 1. The van der Waals surface area contributed by atoms with Gasteiger partial charge in [-0.3, -0.25) is 4.98 Å². The quantitative estimate of drug-likeness (QED) is 0.693. The Kier molecular flexibility index (Phi) is 5.77. The first kappa shape index (κ1) is 17.4. The average Bonchev–Trinajstić information content (AvgIpc) is 2.64. The van der Waals surface area contributed by atoms with Crippen LogP contribution < -0.4 is 15.4 Å². The van der Waals surface area contributed by atoms with Gasteiger partial charge in [0.2, 0.25) is 0 Å². The van der Waals surface area contributed by atoms with Gasteiger partial charge < -0.3 is 15.4 Å². The number of rotatable bonds is 6. The second kappa shape index (κ2) is 8.62. The Morgan fingerprint density at radius 1 is 1.00 bits per heavy atom. The molecule has 6 heteroatoms. The van der Waals surface area contributed by atoms with Gasteiger partial charge in [0.05, 0.1) is 0 Å². The maximum Gasteiger partial charge on any atom is 0.319 e. The number of amides is 2. The van der Waals surface area contributed by atoms with E-state index in [-0.39, 0.29) is 11.8 Å². The number of anilines is 1. The van der Waals surface area contributed by atoms with Crippen molar-refractivity contribution in [1.82, 2.24) is 10.3 Å². The molecule has 3 aromatic rings. The van der Waals surface area contributed by atoms with E-state index in [1.54, 1.807) is 42.6 Å². The summed E-state index contributed by atoms with van der Waals surface area (Å²) >= 11 is 0. The molecule has 0 atom stereocenters. The Labute approximate surface area is 150 Å². The predicted molar refractivity (Wildman–Crippen MR) is 97.9 cm³/mol. The minimum absolute atomic E-state index is 0.292. The molecule has 0 bridgehead atoms. The number of halogens is 1. The molecule has 0 fully saturated rings. The van der Waals surface area contributed by atoms with Gasteiger partial charge in [0, 0.05) is 36.6 Å². The van der Waals surface area contributed by atoms with Crippen molar-refractivity contribution in [2.75, 3.05) is 11.9 Å². The van der Waals surface area contributed by atoms with Crippen molar-refractivity contribution in [3.05, 3.63) is 84.4 Å². The predicted octanol–water partition coefficient (Wildman–Crippen LogP) is 4.38. The Morgan fingerprint density at radius 2 is 1.85 bits per heavy atom. The van der Waals surface area contributed by atoms with Crippen LogP contribution in [0.25, 0.3) is 0 Å². The number of urea groups is 1. The van der Waals surface area contributed by atoms with Gasteiger partial charge in [-0.25, -0.2) is 9.18 Å². The molecular weight excluding hydrogens is 333 g/mol. The maximum absolute atomic E-state index is 13.1. The van der Waals surface area contributed by atoms with E-state index in [1.165, 1.54) is 12.1 Å². The second-order valence-electron chi connectivity index (χ2n) is 5.54. The van der Waals surface area contributed by atoms with Crippen LogP contribution in [-0.4, -0.2) is 17.6 Å². The van der Waals surface area contributed by atoms with Gasteiger partial charge in [0.25, 0.3) is 0 Å². The molecule has 26 heavy (non-hydrogen) atoms. The number of aromatic nitrogens is 1. The Bertz CT molecular complexity index is 854. The molecule has 0 saturated carbocycles. The van der Waals surface area contributed by atoms with Crippen LogP contribution in [0.4, 0.5) is 14.9 Å². The Morgan fingerprint density at radius 3 is 2.58 bits per heavy atom. The van der Waals surface area contributed by atoms with Crippen molar-refractivity contribution in [3.63, 3.8) is 0 Å². The standard InChI is InChI=1S/C20H18FN3O2/c21-15-4-3-6-19(14-15)26-18-9-7-17(8-10-18)24-20(25)23-13-11-16-5-1-2-12-22-16/h1-10,12,14H,11,13H2,(H2,23,24,25). The fraction of sp³-hybridized carbons (Fsp3) is 0.100. The van der Waals surface area contributed by atoms with E-state index in [0.717, 1.165) is 5.69 Å². The summed E-state index contributed by atoms with van der Waals surface area (Å²) in [6.07, 6.45) is 2.39. The zero-order valence-corrected chi connectivity index (χ0v) is 14.0.